The molecule has 0 atom stereocenters. The first-order valence-electron chi connectivity index (χ1n) is 5.53. The summed E-state index contributed by atoms with van der Waals surface area (Å²) in [6, 6.07) is 0. The molecule has 0 aromatic rings. The Morgan fingerprint density at radius 1 is 0.857 bits per heavy atom. The van der Waals surface area contributed by atoms with E-state index in [9.17, 15) is 4.79 Å². The second-order valence-electron chi connectivity index (χ2n) is 4.09. The summed E-state index contributed by atoms with van der Waals surface area (Å²) in [5.74, 6) is -0.627. The Morgan fingerprint density at radius 3 is 1.43 bits per heavy atom. The maximum Gasteiger partial charge on any atom is 0.306 e. The van der Waals surface area contributed by atoms with E-state index in [-0.39, 0.29) is 23.0 Å². The molecule has 0 aromatic heterocycles. The summed E-state index contributed by atoms with van der Waals surface area (Å²) < 4.78 is 0. The second-order valence-corrected chi connectivity index (χ2v) is 4.09. The van der Waals surface area contributed by atoms with Crippen LogP contribution in [0, 0.1) is 5.92 Å². The molecule has 2 saturated carbocycles. The zero-order valence-corrected chi connectivity index (χ0v) is 9.75. The topological polar surface area (TPSA) is 37.3 Å². The second kappa shape index (κ2) is 8.31. The Hall–Kier alpha value is -0.0105. The van der Waals surface area contributed by atoms with Crippen LogP contribution in [0.4, 0.5) is 0 Å². The molecule has 2 nitrogen and oxygen atoms in total. The molecule has 84 valence electrons. The van der Waals surface area contributed by atoms with E-state index >= 15 is 0 Å². The molecule has 0 unspecified atom stereocenters. The Bertz CT molecular complexity index is 142. The van der Waals surface area contributed by atoms with Crippen LogP contribution in [0.3, 0.4) is 0 Å². The molecule has 0 bridgehead atoms. The number of carbonyl (C=O) groups is 1. The minimum atomic E-state index is -0.609. The van der Waals surface area contributed by atoms with Crippen LogP contribution in [0.15, 0.2) is 0 Å². The molecular weight excluding hydrogens is 220 g/mol. The van der Waals surface area contributed by atoms with Gasteiger partial charge in [-0.3, -0.25) is 4.79 Å². The third-order valence-electron chi connectivity index (χ3n) is 2.95. The largest absolute Gasteiger partial charge is 0.481 e. The molecule has 1 N–H and O–H groups in total. The van der Waals surface area contributed by atoms with Gasteiger partial charge >= 0.3 is 5.97 Å². The van der Waals surface area contributed by atoms with Crippen molar-refractivity contribution in [3.63, 3.8) is 0 Å². The fourth-order valence-corrected chi connectivity index (χ4v) is 2.06. The fraction of sp³-hybridized carbons (Fsp3) is 0.909. The van der Waals surface area contributed by atoms with Gasteiger partial charge in [-0.05, 0) is 12.8 Å². The van der Waals surface area contributed by atoms with Crippen LogP contribution < -0.4 is 0 Å². The van der Waals surface area contributed by atoms with Gasteiger partial charge < -0.3 is 5.11 Å². The molecule has 0 aromatic carbocycles. The zero-order valence-electron chi connectivity index (χ0n) is 8.65. The van der Waals surface area contributed by atoms with Gasteiger partial charge in [-0.25, -0.2) is 0 Å². The maximum atomic E-state index is 10.2. The van der Waals surface area contributed by atoms with Crippen molar-refractivity contribution in [1.29, 1.82) is 0 Å². The van der Waals surface area contributed by atoms with E-state index in [0.717, 1.165) is 25.7 Å². The average molecular weight is 240 g/mol. The molecule has 0 heterocycles. The van der Waals surface area contributed by atoms with Gasteiger partial charge in [0.1, 0.15) is 0 Å². The van der Waals surface area contributed by atoms with Crippen molar-refractivity contribution in [2.75, 3.05) is 0 Å². The van der Waals surface area contributed by atoms with Crippen LogP contribution in [0.5, 0.6) is 0 Å². The first kappa shape index (κ1) is 14.0. The summed E-state index contributed by atoms with van der Waals surface area (Å²) in [7, 11) is 0. The standard InChI is InChI=1S/C6H10O2.C5H10.Fe/c7-6(8)5-3-1-2-4-5;1-2-4-5-3-1;/h5H,1-4H2,(H,7,8);1-5H2;. The van der Waals surface area contributed by atoms with Gasteiger partial charge in [0.05, 0.1) is 5.92 Å². The quantitative estimate of drug-likeness (QED) is 0.714. The van der Waals surface area contributed by atoms with E-state index in [4.69, 9.17) is 5.11 Å². The third-order valence-corrected chi connectivity index (χ3v) is 2.95. The summed E-state index contributed by atoms with van der Waals surface area (Å²) in [6.45, 7) is 0. The first-order chi connectivity index (χ1) is 6.30. The van der Waals surface area contributed by atoms with E-state index < -0.39 is 5.97 Å². The molecule has 2 aliphatic rings. The van der Waals surface area contributed by atoms with Crippen molar-refractivity contribution in [3.8, 4) is 0 Å². The molecule has 0 radical (unpaired) electrons. The van der Waals surface area contributed by atoms with E-state index in [0.29, 0.717) is 0 Å². The van der Waals surface area contributed by atoms with Crippen LogP contribution >= 0.6 is 0 Å². The Kier molecular flexibility index (Phi) is 8.30. The predicted molar refractivity (Wildman–Crippen MR) is 52.7 cm³/mol. The summed E-state index contributed by atoms with van der Waals surface area (Å²) in [6.07, 6.45) is 11.5. The van der Waals surface area contributed by atoms with E-state index in [1.165, 1.54) is 32.1 Å². The van der Waals surface area contributed by atoms with Crippen molar-refractivity contribution in [1.82, 2.24) is 0 Å². The van der Waals surface area contributed by atoms with Crippen molar-refractivity contribution >= 4 is 5.97 Å². The fourth-order valence-electron chi connectivity index (χ4n) is 2.06. The van der Waals surface area contributed by atoms with Crippen molar-refractivity contribution in [2.24, 2.45) is 5.92 Å². The maximum absolute atomic E-state index is 10.2. The number of carboxylic acid groups (broad SMARTS) is 1. The molecule has 3 heteroatoms. The van der Waals surface area contributed by atoms with Gasteiger partial charge in [-0.2, -0.15) is 0 Å². The number of aliphatic carboxylic acids is 1. The summed E-state index contributed by atoms with van der Waals surface area (Å²) >= 11 is 0. The summed E-state index contributed by atoms with van der Waals surface area (Å²) in [5.41, 5.74) is 0. The van der Waals surface area contributed by atoms with Crippen LogP contribution in [-0.2, 0) is 21.9 Å². The summed E-state index contributed by atoms with van der Waals surface area (Å²) in [5, 5.41) is 8.41. The van der Waals surface area contributed by atoms with Gasteiger partial charge in [0.15, 0.2) is 0 Å². The van der Waals surface area contributed by atoms with Crippen molar-refractivity contribution in [2.45, 2.75) is 57.8 Å². The number of hydrogen-bond acceptors (Lipinski definition) is 1. The van der Waals surface area contributed by atoms with Gasteiger partial charge in [0.2, 0.25) is 0 Å². The normalized spacial score (nSPS) is 20.9. The van der Waals surface area contributed by atoms with Crippen LogP contribution in [0.2, 0.25) is 0 Å². The summed E-state index contributed by atoms with van der Waals surface area (Å²) in [4.78, 5) is 10.2. The van der Waals surface area contributed by atoms with E-state index in [1.54, 1.807) is 0 Å². The average Bonchev–Trinajstić information content (AvgIpc) is 2.82. The van der Waals surface area contributed by atoms with E-state index in [2.05, 4.69) is 0 Å². The molecule has 0 saturated heterocycles. The van der Waals surface area contributed by atoms with Gasteiger partial charge in [-0.15, -0.1) is 0 Å². The van der Waals surface area contributed by atoms with Crippen LogP contribution in [0.1, 0.15) is 57.8 Å². The number of carboxylic acids is 1. The van der Waals surface area contributed by atoms with Crippen molar-refractivity contribution < 1.29 is 27.0 Å². The smallest absolute Gasteiger partial charge is 0.306 e. The monoisotopic (exact) mass is 240 g/mol. The Labute approximate surface area is 96.9 Å². The Morgan fingerprint density at radius 2 is 1.21 bits per heavy atom. The van der Waals surface area contributed by atoms with Crippen LogP contribution in [-0.4, -0.2) is 11.1 Å². The van der Waals surface area contributed by atoms with Crippen LogP contribution in [0.25, 0.3) is 0 Å². The van der Waals surface area contributed by atoms with Crippen molar-refractivity contribution in [3.05, 3.63) is 0 Å². The molecule has 2 aliphatic carbocycles. The molecule has 14 heavy (non-hydrogen) atoms. The molecule has 0 amide bonds. The predicted octanol–water partition coefficient (Wildman–Crippen LogP) is 3.21. The van der Waals surface area contributed by atoms with E-state index in [1.807, 2.05) is 0 Å². The molecule has 2 rings (SSSR count). The van der Waals surface area contributed by atoms with Gasteiger partial charge in [0.25, 0.3) is 0 Å². The molecule has 0 spiro atoms. The Balaban J connectivity index is 0.000000246. The SMILES string of the molecule is C1CCCC1.O=C(O)C1CCCC1.[Fe]. The third kappa shape index (κ3) is 5.66. The number of hydrogen-bond donors (Lipinski definition) is 1. The van der Waals surface area contributed by atoms with Gasteiger partial charge in [0, 0.05) is 17.1 Å². The van der Waals surface area contributed by atoms with Gasteiger partial charge in [-0.1, -0.05) is 44.9 Å². The minimum absolute atomic E-state index is 0. The molecule has 0 aliphatic heterocycles. The molecule has 2 fully saturated rings. The zero-order chi connectivity index (χ0) is 9.52. The minimum Gasteiger partial charge on any atom is -0.481 e. The molecular formula is C11H20FeO2. The number of rotatable bonds is 1. The first-order valence-corrected chi connectivity index (χ1v) is 5.53.